The Kier molecular flexibility index (Phi) is 2.38. The predicted molar refractivity (Wildman–Crippen MR) is 84.0 cm³/mol. The molecule has 4 aliphatic carbocycles. The summed E-state index contributed by atoms with van der Waals surface area (Å²) in [6.07, 6.45) is 5.63. The number of carbonyl (C=O) groups is 2. The van der Waals surface area contributed by atoms with Gasteiger partial charge in [-0.15, -0.1) is 0 Å². The summed E-state index contributed by atoms with van der Waals surface area (Å²) >= 11 is 0. The molecule has 4 nitrogen and oxygen atoms in total. The van der Waals surface area contributed by atoms with E-state index in [4.69, 9.17) is 0 Å². The fourth-order valence-corrected chi connectivity index (χ4v) is 7.18. The zero-order chi connectivity index (χ0) is 16.1. The second-order valence-corrected chi connectivity index (χ2v) is 9.27. The normalized spacial score (nSPS) is 36.8. The number of Topliss-reactive ketones (excluding diaryl/α,β-unsaturated/α-hetero) is 2. The largest absolute Gasteiger partial charge is 0.289 e. The molecule has 0 radical (unpaired) electrons. The molecule has 3 atom stereocenters. The first-order valence-corrected chi connectivity index (χ1v) is 9.72. The Hall–Kier alpha value is -1.75. The van der Waals surface area contributed by atoms with Crippen LogP contribution in [0.15, 0.2) is 44.9 Å². The molecule has 1 aliphatic heterocycles. The third-order valence-corrected chi connectivity index (χ3v) is 8.06. The highest BCUT2D eigenvalue weighted by atomic mass is 32.2. The Morgan fingerprint density at radius 3 is 2.35 bits per heavy atom. The molecule has 5 aliphatic rings. The van der Waals surface area contributed by atoms with Gasteiger partial charge in [0.25, 0.3) is 0 Å². The highest BCUT2D eigenvalue weighted by molar-refractivity contribution is 7.95. The third-order valence-electron chi connectivity index (χ3n) is 5.99. The van der Waals surface area contributed by atoms with Crippen LogP contribution in [0.25, 0.3) is 0 Å². The van der Waals surface area contributed by atoms with Gasteiger partial charge in [0, 0.05) is 40.0 Å². The van der Waals surface area contributed by atoms with Crippen LogP contribution in [-0.4, -0.2) is 25.7 Å². The first-order chi connectivity index (χ1) is 10.9. The van der Waals surface area contributed by atoms with Crippen LogP contribution in [0.5, 0.6) is 0 Å². The smallest absolute Gasteiger partial charge is 0.187 e. The SMILES string of the molecule is CC1=C2C(CCS2(=O)=O)C2=C(C1)C(=O)C1=C(C2=O)C2C=CC1C2. The highest BCUT2D eigenvalue weighted by Gasteiger charge is 2.52. The van der Waals surface area contributed by atoms with Crippen molar-refractivity contribution in [3.05, 3.63) is 44.9 Å². The first kappa shape index (κ1) is 13.7. The molecule has 3 unspecified atom stereocenters. The molecule has 1 heterocycles. The summed E-state index contributed by atoms with van der Waals surface area (Å²) in [5.41, 5.74) is 3.16. The maximum atomic E-state index is 13.1. The third kappa shape index (κ3) is 1.49. The molecule has 0 saturated carbocycles. The molecule has 1 fully saturated rings. The molecule has 23 heavy (non-hydrogen) atoms. The Bertz CT molecular complexity index is 940. The van der Waals surface area contributed by atoms with Gasteiger partial charge < -0.3 is 0 Å². The molecular weight excluding hydrogens is 312 g/mol. The number of fused-ring (bicyclic) bond motifs is 6. The van der Waals surface area contributed by atoms with Gasteiger partial charge in [-0.2, -0.15) is 0 Å². The lowest BCUT2D eigenvalue weighted by atomic mass is 9.71. The Morgan fingerprint density at radius 1 is 1.00 bits per heavy atom. The van der Waals surface area contributed by atoms with Gasteiger partial charge in [0.05, 0.1) is 10.7 Å². The summed E-state index contributed by atoms with van der Waals surface area (Å²) < 4.78 is 24.6. The van der Waals surface area contributed by atoms with Crippen LogP contribution in [0, 0.1) is 17.8 Å². The molecule has 2 bridgehead atoms. The number of hydrogen-bond acceptors (Lipinski definition) is 4. The average molecular weight is 328 g/mol. The minimum atomic E-state index is -3.27. The van der Waals surface area contributed by atoms with E-state index in [2.05, 4.69) is 0 Å². The second kappa shape index (κ2) is 4.01. The Morgan fingerprint density at radius 2 is 1.65 bits per heavy atom. The number of rotatable bonds is 0. The second-order valence-electron chi connectivity index (χ2n) is 7.19. The monoisotopic (exact) mass is 328 g/mol. The average Bonchev–Trinajstić information content (AvgIpc) is 3.17. The van der Waals surface area contributed by atoms with E-state index < -0.39 is 15.8 Å². The lowest BCUT2D eigenvalue weighted by Gasteiger charge is -2.31. The minimum absolute atomic E-state index is 0.00542. The summed E-state index contributed by atoms with van der Waals surface area (Å²) in [5.74, 6) is -0.238. The number of ketones is 2. The van der Waals surface area contributed by atoms with Gasteiger partial charge in [-0.05, 0) is 26.2 Å². The van der Waals surface area contributed by atoms with Crippen molar-refractivity contribution in [3.63, 3.8) is 0 Å². The van der Waals surface area contributed by atoms with E-state index in [-0.39, 0.29) is 29.2 Å². The van der Waals surface area contributed by atoms with E-state index in [1.54, 1.807) is 6.92 Å². The fourth-order valence-electron chi connectivity index (χ4n) is 5.14. The van der Waals surface area contributed by atoms with Crippen LogP contribution in [0.1, 0.15) is 26.2 Å². The molecule has 0 aromatic heterocycles. The first-order valence-electron chi connectivity index (χ1n) is 8.07. The summed E-state index contributed by atoms with van der Waals surface area (Å²) in [6.45, 7) is 1.79. The van der Waals surface area contributed by atoms with Gasteiger partial charge in [-0.1, -0.05) is 17.7 Å². The van der Waals surface area contributed by atoms with Gasteiger partial charge in [0.15, 0.2) is 21.4 Å². The van der Waals surface area contributed by atoms with E-state index in [9.17, 15) is 18.0 Å². The zero-order valence-electron chi connectivity index (χ0n) is 12.8. The van der Waals surface area contributed by atoms with Crippen molar-refractivity contribution < 1.29 is 18.0 Å². The molecule has 5 heteroatoms. The lowest BCUT2D eigenvalue weighted by molar-refractivity contribution is -0.117. The Balaban J connectivity index is 1.69. The van der Waals surface area contributed by atoms with Gasteiger partial charge in [-0.25, -0.2) is 8.42 Å². The van der Waals surface area contributed by atoms with Crippen LogP contribution in [0.2, 0.25) is 0 Å². The van der Waals surface area contributed by atoms with Crippen LogP contribution in [0.4, 0.5) is 0 Å². The zero-order valence-corrected chi connectivity index (χ0v) is 13.6. The summed E-state index contributed by atoms with van der Waals surface area (Å²) in [7, 11) is -3.27. The van der Waals surface area contributed by atoms with Crippen molar-refractivity contribution >= 4 is 21.4 Å². The van der Waals surface area contributed by atoms with E-state index in [0.29, 0.717) is 40.0 Å². The summed E-state index contributed by atoms with van der Waals surface area (Å²) in [4.78, 5) is 26.5. The van der Waals surface area contributed by atoms with Crippen LogP contribution >= 0.6 is 0 Å². The van der Waals surface area contributed by atoms with Gasteiger partial charge in [-0.3, -0.25) is 9.59 Å². The lowest BCUT2D eigenvalue weighted by Crippen LogP contribution is -2.32. The van der Waals surface area contributed by atoms with Crippen LogP contribution < -0.4 is 0 Å². The summed E-state index contributed by atoms with van der Waals surface area (Å²) in [5, 5.41) is 0. The molecule has 0 aromatic rings. The van der Waals surface area contributed by atoms with Crippen molar-refractivity contribution in [2.75, 3.05) is 5.75 Å². The molecule has 5 rings (SSSR count). The van der Waals surface area contributed by atoms with Gasteiger partial charge in [0.2, 0.25) is 0 Å². The van der Waals surface area contributed by atoms with Crippen molar-refractivity contribution in [2.24, 2.45) is 17.8 Å². The van der Waals surface area contributed by atoms with Crippen LogP contribution in [0.3, 0.4) is 0 Å². The maximum Gasteiger partial charge on any atom is 0.187 e. The number of hydrogen-bond donors (Lipinski definition) is 0. The van der Waals surface area contributed by atoms with Crippen molar-refractivity contribution in [1.82, 2.24) is 0 Å². The highest BCUT2D eigenvalue weighted by Crippen LogP contribution is 2.54. The van der Waals surface area contributed by atoms with Crippen molar-refractivity contribution in [1.29, 1.82) is 0 Å². The van der Waals surface area contributed by atoms with Gasteiger partial charge >= 0.3 is 0 Å². The van der Waals surface area contributed by atoms with Gasteiger partial charge in [0.1, 0.15) is 0 Å². The maximum absolute atomic E-state index is 13.1. The topological polar surface area (TPSA) is 68.3 Å². The molecule has 1 saturated heterocycles. The standard InChI is InChI=1S/C18H16O4S/c1-8-6-12-15(11-4-5-23(21,22)18(8)11)17(20)14-10-3-2-9(7-10)13(14)16(12)19/h2-3,9-11H,4-7H2,1H3. The number of carbonyl (C=O) groups excluding carboxylic acids is 2. The van der Waals surface area contributed by atoms with E-state index in [1.807, 2.05) is 12.2 Å². The number of sulfone groups is 1. The molecule has 118 valence electrons. The molecule has 0 spiro atoms. The quantitative estimate of drug-likeness (QED) is 0.504. The molecule has 0 aromatic carbocycles. The van der Waals surface area contributed by atoms with Crippen LogP contribution in [-0.2, 0) is 19.4 Å². The fraction of sp³-hybridized carbons (Fsp3) is 0.444. The number of allylic oxidation sites excluding steroid dienone is 8. The van der Waals surface area contributed by atoms with E-state index >= 15 is 0 Å². The Labute approximate surface area is 134 Å². The van der Waals surface area contributed by atoms with Crippen molar-refractivity contribution in [3.8, 4) is 0 Å². The molecule has 0 N–H and O–H groups in total. The molecule has 0 amide bonds. The van der Waals surface area contributed by atoms with Crippen molar-refractivity contribution in [2.45, 2.75) is 26.2 Å². The minimum Gasteiger partial charge on any atom is -0.289 e. The van der Waals surface area contributed by atoms with E-state index in [1.165, 1.54) is 0 Å². The predicted octanol–water partition coefficient (Wildman–Crippen LogP) is 2.05. The van der Waals surface area contributed by atoms with E-state index in [0.717, 1.165) is 12.0 Å². The summed E-state index contributed by atoms with van der Waals surface area (Å²) in [6, 6.07) is 0. The molecular formula is C18H16O4S.